The molecule has 0 spiro atoms. The van der Waals surface area contributed by atoms with Crippen LogP contribution >= 0.6 is 0 Å². The summed E-state index contributed by atoms with van der Waals surface area (Å²) in [5.41, 5.74) is 0.832. The summed E-state index contributed by atoms with van der Waals surface area (Å²) in [6.45, 7) is 0.528. The summed E-state index contributed by atoms with van der Waals surface area (Å²) in [5.74, 6) is 0.882. The summed E-state index contributed by atoms with van der Waals surface area (Å²) in [6.07, 6.45) is 11.1. The molecule has 5 heteroatoms. The molecule has 2 aliphatic rings. The minimum absolute atomic E-state index is 0.00947. The molecule has 1 amide bonds. The number of hydrogen-bond acceptors (Lipinski definition) is 4. The molecule has 3 rings (SSSR count). The van der Waals surface area contributed by atoms with Gasteiger partial charge in [-0.25, -0.2) is 0 Å². The van der Waals surface area contributed by atoms with E-state index in [2.05, 4.69) is 15.3 Å². The number of amides is 1. The van der Waals surface area contributed by atoms with E-state index >= 15 is 0 Å². The Morgan fingerprint density at radius 3 is 3.00 bits per heavy atom. The summed E-state index contributed by atoms with van der Waals surface area (Å²) < 4.78 is 0. The second kappa shape index (κ2) is 5.87. The highest BCUT2D eigenvalue weighted by Gasteiger charge is 2.39. The van der Waals surface area contributed by atoms with Gasteiger partial charge in [0, 0.05) is 25.5 Å². The lowest BCUT2D eigenvalue weighted by Crippen LogP contribution is -2.43. The van der Waals surface area contributed by atoms with Gasteiger partial charge >= 0.3 is 0 Å². The van der Waals surface area contributed by atoms with E-state index in [-0.39, 0.29) is 11.9 Å². The van der Waals surface area contributed by atoms with Crippen molar-refractivity contribution >= 4 is 5.91 Å². The number of aromatic nitrogens is 2. The SMILES string of the molecule is CN(Cc1cnccn1)C(=O)C1CC2CCCCC2N1. The molecule has 1 aromatic rings. The Morgan fingerprint density at radius 2 is 2.25 bits per heavy atom. The molecule has 1 saturated heterocycles. The predicted octanol–water partition coefficient (Wildman–Crippen LogP) is 1.36. The summed E-state index contributed by atoms with van der Waals surface area (Å²) in [5, 5.41) is 3.53. The number of nitrogens with zero attached hydrogens (tertiary/aromatic N) is 3. The van der Waals surface area contributed by atoms with E-state index in [1.165, 1.54) is 25.7 Å². The van der Waals surface area contributed by atoms with Crippen LogP contribution in [-0.2, 0) is 11.3 Å². The fourth-order valence-electron chi connectivity index (χ4n) is 3.51. The first-order valence-electron chi connectivity index (χ1n) is 7.50. The number of nitrogens with one attached hydrogen (secondary N) is 1. The van der Waals surface area contributed by atoms with Crippen molar-refractivity contribution in [3.63, 3.8) is 0 Å². The lowest BCUT2D eigenvalue weighted by atomic mass is 9.85. The van der Waals surface area contributed by atoms with E-state index in [4.69, 9.17) is 0 Å². The quantitative estimate of drug-likeness (QED) is 0.904. The predicted molar refractivity (Wildman–Crippen MR) is 75.8 cm³/mol. The first-order chi connectivity index (χ1) is 9.74. The third kappa shape index (κ3) is 2.82. The van der Waals surface area contributed by atoms with Crippen LogP contribution in [0.15, 0.2) is 18.6 Å². The van der Waals surface area contributed by atoms with Crippen molar-refractivity contribution in [3.8, 4) is 0 Å². The van der Waals surface area contributed by atoms with Crippen LogP contribution in [0.5, 0.6) is 0 Å². The number of hydrogen-bond donors (Lipinski definition) is 1. The number of rotatable bonds is 3. The molecular formula is C15H22N4O. The van der Waals surface area contributed by atoms with Gasteiger partial charge in [0.2, 0.25) is 5.91 Å². The fraction of sp³-hybridized carbons (Fsp3) is 0.667. The standard InChI is InChI=1S/C15H22N4O/c1-19(10-12-9-16-6-7-17-12)15(20)14-8-11-4-2-3-5-13(11)18-14/h6-7,9,11,13-14,18H,2-5,8,10H2,1H3. The van der Waals surface area contributed by atoms with Crippen LogP contribution in [0.3, 0.4) is 0 Å². The Hall–Kier alpha value is -1.49. The van der Waals surface area contributed by atoms with E-state index in [1.807, 2.05) is 7.05 Å². The van der Waals surface area contributed by atoms with Gasteiger partial charge in [-0.15, -0.1) is 0 Å². The van der Waals surface area contributed by atoms with Gasteiger partial charge in [-0.2, -0.15) is 0 Å². The second-order valence-corrected chi connectivity index (χ2v) is 6.00. The summed E-state index contributed by atoms with van der Waals surface area (Å²) >= 11 is 0. The van der Waals surface area contributed by atoms with Crippen molar-refractivity contribution in [2.45, 2.75) is 50.7 Å². The van der Waals surface area contributed by atoms with Crippen molar-refractivity contribution in [1.29, 1.82) is 0 Å². The molecule has 0 bridgehead atoms. The fourth-order valence-corrected chi connectivity index (χ4v) is 3.51. The minimum atomic E-state index is -0.00947. The van der Waals surface area contributed by atoms with Crippen molar-refractivity contribution in [3.05, 3.63) is 24.3 Å². The molecule has 2 heterocycles. The molecular weight excluding hydrogens is 252 g/mol. The Morgan fingerprint density at radius 1 is 1.40 bits per heavy atom. The van der Waals surface area contributed by atoms with E-state index in [1.54, 1.807) is 23.5 Å². The highest BCUT2D eigenvalue weighted by Crippen LogP contribution is 2.33. The zero-order valence-electron chi connectivity index (χ0n) is 12.0. The molecule has 1 aliphatic heterocycles. The van der Waals surface area contributed by atoms with Crippen molar-refractivity contribution in [1.82, 2.24) is 20.2 Å². The van der Waals surface area contributed by atoms with Crippen LogP contribution in [0.1, 0.15) is 37.8 Å². The molecule has 2 fully saturated rings. The molecule has 0 radical (unpaired) electrons. The van der Waals surface area contributed by atoms with Crippen LogP contribution < -0.4 is 5.32 Å². The Balaban J connectivity index is 1.58. The van der Waals surface area contributed by atoms with Gasteiger partial charge < -0.3 is 10.2 Å². The number of carbonyl (C=O) groups is 1. The average molecular weight is 274 g/mol. The minimum Gasteiger partial charge on any atom is -0.338 e. The Labute approximate surface area is 119 Å². The highest BCUT2D eigenvalue weighted by molar-refractivity contribution is 5.82. The molecule has 3 unspecified atom stereocenters. The van der Waals surface area contributed by atoms with Crippen LogP contribution in [0.4, 0.5) is 0 Å². The molecule has 0 aromatic carbocycles. The van der Waals surface area contributed by atoms with Crippen molar-refractivity contribution in [2.75, 3.05) is 7.05 Å². The average Bonchev–Trinajstić information content (AvgIpc) is 2.91. The van der Waals surface area contributed by atoms with Gasteiger partial charge in [0.05, 0.1) is 24.5 Å². The van der Waals surface area contributed by atoms with Crippen LogP contribution in [0.25, 0.3) is 0 Å². The number of fused-ring (bicyclic) bond motifs is 1. The van der Waals surface area contributed by atoms with Gasteiger partial charge in [0.25, 0.3) is 0 Å². The van der Waals surface area contributed by atoms with Gasteiger partial charge in [-0.05, 0) is 25.2 Å². The monoisotopic (exact) mass is 274 g/mol. The lowest BCUT2D eigenvalue weighted by molar-refractivity contribution is -0.132. The molecule has 108 valence electrons. The number of likely N-dealkylation sites (N-methyl/N-ethyl adjacent to an activating group) is 1. The van der Waals surface area contributed by atoms with Crippen molar-refractivity contribution in [2.24, 2.45) is 5.92 Å². The third-order valence-electron chi connectivity index (χ3n) is 4.55. The van der Waals surface area contributed by atoms with Crippen LogP contribution in [-0.4, -0.2) is 39.9 Å². The smallest absolute Gasteiger partial charge is 0.239 e. The molecule has 1 N–H and O–H groups in total. The van der Waals surface area contributed by atoms with E-state index in [9.17, 15) is 4.79 Å². The maximum absolute atomic E-state index is 12.5. The third-order valence-corrected chi connectivity index (χ3v) is 4.55. The normalized spacial score (nSPS) is 28.9. The van der Waals surface area contributed by atoms with Gasteiger partial charge in [0.1, 0.15) is 0 Å². The zero-order chi connectivity index (χ0) is 13.9. The van der Waals surface area contributed by atoms with Crippen molar-refractivity contribution < 1.29 is 4.79 Å². The molecule has 1 saturated carbocycles. The summed E-state index contributed by atoms with van der Waals surface area (Å²) in [7, 11) is 1.85. The lowest BCUT2D eigenvalue weighted by Gasteiger charge is -2.24. The van der Waals surface area contributed by atoms with E-state index in [0.717, 1.165) is 12.1 Å². The van der Waals surface area contributed by atoms with E-state index in [0.29, 0.717) is 18.5 Å². The van der Waals surface area contributed by atoms with Gasteiger partial charge in [-0.3, -0.25) is 14.8 Å². The number of carbonyl (C=O) groups excluding carboxylic acids is 1. The molecule has 3 atom stereocenters. The van der Waals surface area contributed by atoms with Crippen LogP contribution in [0, 0.1) is 5.92 Å². The van der Waals surface area contributed by atoms with E-state index < -0.39 is 0 Å². The molecule has 1 aromatic heterocycles. The molecule has 1 aliphatic carbocycles. The molecule has 5 nitrogen and oxygen atoms in total. The second-order valence-electron chi connectivity index (χ2n) is 6.00. The summed E-state index contributed by atoms with van der Waals surface area (Å²) in [4.78, 5) is 22.5. The highest BCUT2D eigenvalue weighted by atomic mass is 16.2. The maximum Gasteiger partial charge on any atom is 0.239 e. The van der Waals surface area contributed by atoms with Crippen LogP contribution in [0.2, 0.25) is 0 Å². The maximum atomic E-state index is 12.5. The topological polar surface area (TPSA) is 58.1 Å². The van der Waals surface area contributed by atoms with Gasteiger partial charge in [0.15, 0.2) is 0 Å². The largest absolute Gasteiger partial charge is 0.338 e. The Bertz CT molecular complexity index is 450. The first-order valence-corrected chi connectivity index (χ1v) is 7.50. The Kier molecular flexibility index (Phi) is 3.96. The first kappa shape index (κ1) is 13.5. The zero-order valence-corrected chi connectivity index (χ0v) is 12.0. The molecule has 20 heavy (non-hydrogen) atoms. The summed E-state index contributed by atoms with van der Waals surface area (Å²) in [6, 6.07) is 0.549. The van der Waals surface area contributed by atoms with Gasteiger partial charge in [-0.1, -0.05) is 12.8 Å².